The Morgan fingerprint density at radius 3 is 2.68 bits per heavy atom. The van der Waals surface area contributed by atoms with Gasteiger partial charge in [0.15, 0.2) is 0 Å². The quantitative estimate of drug-likeness (QED) is 0.904. The van der Waals surface area contributed by atoms with E-state index in [9.17, 15) is 4.79 Å². The predicted molar refractivity (Wildman–Crippen MR) is 77.4 cm³/mol. The molecule has 3 nitrogen and oxygen atoms in total. The predicted octanol–water partition coefficient (Wildman–Crippen LogP) is 2.37. The molecule has 1 amide bonds. The number of carbonyl (C=O) groups is 1. The fraction of sp³-hybridized carbons (Fsp3) is 0.562. The van der Waals surface area contributed by atoms with Gasteiger partial charge in [-0.1, -0.05) is 38.0 Å². The summed E-state index contributed by atoms with van der Waals surface area (Å²) in [4.78, 5) is 14.9. The van der Waals surface area contributed by atoms with Crippen LogP contribution < -0.4 is 10.6 Å². The van der Waals surface area contributed by atoms with Gasteiger partial charge in [-0.05, 0) is 30.4 Å². The van der Waals surface area contributed by atoms with Gasteiger partial charge in [0, 0.05) is 13.1 Å². The van der Waals surface area contributed by atoms with Crippen molar-refractivity contribution in [2.24, 2.45) is 5.73 Å². The number of amides is 1. The molecule has 0 saturated heterocycles. The highest BCUT2D eigenvalue weighted by Crippen LogP contribution is 2.52. The van der Waals surface area contributed by atoms with Gasteiger partial charge in [-0.15, -0.1) is 0 Å². The van der Waals surface area contributed by atoms with E-state index in [0.717, 1.165) is 32.1 Å². The average molecular weight is 258 g/mol. The lowest BCUT2D eigenvalue weighted by Crippen LogP contribution is -2.40. The highest BCUT2D eigenvalue weighted by molar-refractivity contribution is 6.09. The molecule has 0 aromatic heterocycles. The van der Waals surface area contributed by atoms with E-state index in [-0.39, 0.29) is 5.41 Å². The van der Waals surface area contributed by atoms with Gasteiger partial charge in [0.25, 0.3) is 0 Å². The van der Waals surface area contributed by atoms with Crippen LogP contribution in [0.4, 0.5) is 5.69 Å². The van der Waals surface area contributed by atoms with Crippen molar-refractivity contribution in [3.63, 3.8) is 0 Å². The fourth-order valence-corrected chi connectivity index (χ4v) is 3.86. The van der Waals surface area contributed by atoms with Crippen molar-refractivity contribution in [1.29, 1.82) is 0 Å². The molecule has 19 heavy (non-hydrogen) atoms. The van der Waals surface area contributed by atoms with Crippen LogP contribution in [0.15, 0.2) is 18.2 Å². The molecule has 1 heterocycles. The minimum Gasteiger partial charge on any atom is -0.329 e. The third-order valence-electron chi connectivity index (χ3n) is 4.75. The Kier molecular flexibility index (Phi) is 3.09. The highest BCUT2D eigenvalue weighted by Gasteiger charge is 2.52. The number of nitrogens with two attached hydrogens (primary N) is 1. The van der Waals surface area contributed by atoms with Crippen molar-refractivity contribution in [2.75, 3.05) is 18.0 Å². The summed E-state index contributed by atoms with van der Waals surface area (Å²) in [6, 6.07) is 6.41. The lowest BCUT2D eigenvalue weighted by Gasteiger charge is -2.23. The van der Waals surface area contributed by atoms with Gasteiger partial charge in [0.05, 0.1) is 11.1 Å². The van der Waals surface area contributed by atoms with Crippen LogP contribution in [0.1, 0.15) is 43.7 Å². The third kappa shape index (κ3) is 1.64. The summed E-state index contributed by atoms with van der Waals surface area (Å²) in [5.74, 6) is 0.298. The van der Waals surface area contributed by atoms with Crippen molar-refractivity contribution in [2.45, 2.75) is 44.4 Å². The zero-order valence-electron chi connectivity index (χ0n) is 11.6. The van der Waals surface area contributed by atoms with Crippen LogP contribution in [-0.2, 0) is 16.6 Å². The number of fused-ring (bicyclic) bond motifs is 2. The molecule has 0 bridgehead atoms. The molecule has 1 spiro atoms. The summed E-state index contributed by atoms with van der Waals surface area (Å²) in [6.45, 7) is 3.32. The topological polar surface area (TPSA) is 46.3 Å². The van der Waals surface area contributed by atoms with E-state index in [0.29, 0.717) is 19.0 Å². The molecule has 1 fully saturated rings. The van der Waals surface area contributed by atoms with E-state index in [2.05, 4.69) is 25.1 Å². The summed E-state index contributed by atoms with van der Waals surface area (Å²) in [7, 11) is 0. The molecule has 2 N–H and O–H groups in total. The Hall–Kier alpha value is -1.35. The Bertz CT molecular complexity index is 503. The molecule has 3 rings (SSSR count). The van der Waals surface area contributed by atoms with Crippen molar-refractivity contribution < 1.29 is 4.79 Å². The van der Waals surface area contributed by atoms with Gasteiger partial charge in [-0.2, -0.15) is 0 Å². The number of hydrogen-bond acceptors (Lipinski definition) is 2. The second kappa shape index (κ2) is 4.64. The summed E-state index contributed by atoms with van der Waals surface area (Å²) in [6.07, 6.45) is 5.31. The molecule has 1 aromatic rings. The normalized spacial score (nSPS) is 20.3. The number of carbonyl (C=O) groups excluding carboxylic acids is 1. The summed E-state index contributed by atoms with van der Waals surface area (Å²) < 4.78 is 0. The number of para-hydroxylation sites is 1. The van der Waals surface area contributed by atoms with E-state index in [1.54, 1.807) is 0 Å². The number of rotatable bonds is 3. The Balaban J connectivity index is 2.18. The van der Waals surface area contributed by atoms with E-state index >= 15 is 0 Å². The molecule has 1 saturated carbocycles. The van der Waals surface area contributed by atoms with Gasteiger partial charge in [0.1, 0.15) is 0 Å². The Morgan fingerprint density at radius 1 is 1.32 bits per heavy atom. The molecular formula is C16H22N2O. The number of nitrogens with zero attached hydrogens (tertiary/aromatic N) is 1. The van der Waals surface area contributed by atoms with E-state index in [4.69, 9.17) is 5.73 Å². The number of hydrogen-bond donors (Lipinski definition) is 1. The van der Waals surface area contributed by atoms with Gasteiger partial charge in [-0.25, -0.2) is 0 Å². The lowest BCUT2D eigenvalue weighted by atomic mass is 9.79. The smallest absolute Gasteiger partial charge is 0.237 e. The molecular weight excluding hydrogens is 236 g/mol. The molecule has 1 aliphatic carbocycles. The van der Waals surface area contributed by atoms with Gasteiger partial charge in [-0.3, -0.25) is 4.79 Å². The van der Waals surface area contributed by atoms with Gasteiger partial charge >= 0.3 is 0 Å². The first-order valence-electron chi connectivity index (χ1n) is 7.39. The second-order valence-corrected chi connectivity index (χ2v) is 5.70. The van der Waals surface area contributed by atoms with Crippen molar-refractivity contribution in [3.05, 3.63) is 29.3 Å². The van der Waals surface area contributed by atoms with E-state index in [1.807, 2.05) is 4.90 Å². The zero-order chi connectivity index (χ0) is 13.5. The van der Waals surface area contributed by atoms with Crippen LogP contribution >= 0.6 is 0 Å². The molecule has 0 unspecified atom stereocenters. The molecule has 2 aliphatic rings. The van der Waals surface area contributed by atoms with Crippen LogP contribution in [0.2, 0.25) is 0 Å². The summed E-state index contributed by atoms with van der Waals surface area (Å²) >= 11 is 0. The number of aryl methyl sites for hydroxylation is 1. The highest BCUT2D eigenvalue weighted by atomic mass is 16.2. The Labute approximate surface area is 114 Å². The first-order chi connectivity index (χ1) is 9.24. The molecule has 1 aliphatic heterocycles. The first-order valence-corrected chi connectivity index (χ1v) is 7.39. The third-order valence-corrected chi connectivity index (χ3v) is 4.75. The van der Waals surface area contributed by atoms with Gasteiger partial charge in [0.2, 0.25) is 5.91 Å². The van der Waals surface area contributed by atoms with Crippen LogP contribution in [0, 0.1) is 0 Å². The molecule has 0 atom stereocenters. The molecule has 3 heteroatoms. The Morgan fingerprint density at radius 2 is 2.05 bits per heavy atom. The monoisotopic (exact) mass is 258 g/mol. The lowest BCUT2D eigenvalue weighted by molar-refractivity contribution is -0.123. The van der Waals surface area contributed by atoms with Crippen molar-refractivity contribution in [1.82, 2.24) is 0 Å². The minimum atomic E-state index is -0.227. The number of benzene rings is 1. The largest absolute Gasteiger partial charge is 0.329 e. The molecule has 102 valence electrons. The van der Waals surface area contributed by atoms with Gasteiger partial charge < -0.3 is 10.6 Å². The second-order valence-electron chi connectivity index (χ2n) is 5.70. The van der Waals surface area contributed by atoms with Crippen LogP contribution in [0.5, 0.6) is 0 Å². The maximum absolute atomic E-state index is 12.9. The minimum absolute atomic E-state index is 0.227. The van der Waals surface area contributed by atoms with Crippen LogP contribution in [0.3, 0.4) is 0 Å². The maximum atomic E-state index is 12.9. The standard InChI is InChI=1S/C16H22N2O/c1-2-12-6-5-7-13-14(12)18(11-10-17)15(19)16(13)8-3-4-9-16/h5-7H,2-4,8-11,17H2,1H3. The first kappa shape index (κ1) is 12.7. The van der Waals surface area contributed by atoms with E-state index in [1.165, 1.54) is 16.8 Å². The number of anilines is 1. The summed E-state index contributed by atoms with van der Waals surface area (Å²) in [5, 5.41) is 0. The maximum Gasteiger partial charge on any atom is 0.237 e. The zero-order valence-corrected chi connectivity index (χ0v) is 11.6. The average Bonchev–Trinajstić information content (AvgIpc) is 3.01. The SMILES string of the molecule is CCc1cccc2c1N(CCN)C(=O)C21CCCC1. The van der Waals surface area contributed by atoms with Crippen molar-refractivity contribution >= 4 is 11.6 Å². The molecule has 1 aromatic carbocycles. The molecule has 0 radical (unpaired) electrons. The van der Waals surface area contributed by atoms with Crippen LogP contribution in [0.25, 0.3) is 0 Å². The fourth-order valence-electron chi connectivity index (χ4n) is 3.86. The van der Waals surface area contributed by atoms with Crippen molar-refractivity contribution in [3.8, 4) is 0 Å². The van der Waals surface area contributed by atoms with E-state index < -0.39 is 0 Å². The summed E-state index contributed by atoms with van der Waals surface area (Å²) in [5.41, 5.74) is 9.20. The van der Waals surface area contributed by atoms with Crippen LogP contribution in [-0.4, -0.2) is 19.0 Å².